The second kappa shape index (κ2) is 5.61. The molecule has 42 valence electrons. The molecule has 0 aliphatic heterocycles. The Bertz CT molecular complexity index is 82.6. The summed E-state index contributed by atoms with van der Waals surface area (Å²) in [5.74, 6) is 0. The van der Waals surface area contributed by atoms with Gasteiger partial charge in [-0.05, 0) is 0 Å². The Balaban J connectivity index is -0.0000000417. The van der Waals surface area contributed by atoms with Crippen LogP contribution < -0.4 is 0 Å². The van der Waals surface area contributed by atoms with Gasteiger partial charge in [0.05, 0.1) is 0 Å². The molecule has 0 aliphatic carbocycles. The van der Waals surface area contributed by atoms with Crippen molar-refractivity contribution >= 4 is 58.0 Å². The third-order valence-corrected chi connectivity index (χ3v) is 1.10. The van der Waals surface area contributed by atoms with Crippen LogP contribution in [0.2, 0.25) is 0 Å². The number of hydrogen-bond donors (Lipinski definition) is 2. The fourth-order valence-corrected chi connectivity index (χ4v) is 0. The predicted molar refractivity (Wildman–Crippen MR) is 29.5 cm³/mol. The Hall–Kier alpha value is 1.48. The summed E-state index contributed by atoms with van der Waals surface area (Å²) < 4.78 is 33.6. The van der Waals surface area contributed by atoms with E-state index in [1.165, 1.54) is 0 Å². The van der Waals surface area contributed by atoms with Crippen molar-refractivity contribution in [2.75, 3.05) is 0 Å². The third kappa shape index (κ3) is 7.48. The van der Waals surface area contributed by atoms with Crippen LogP contribution in [0, 0.1) is 0 Å². The second-order valence-corrected chi connectivity index (χ2v) is 3.01. The summed E-state index contributed by atoms with van der Waals surface area (Å²) in [5, 5.41) is 0. The van der Waals surface area contributed by atoms with E-state index in [1.807, 2.05) is 0 Å². The van der Waals surface area contributed by atoms with Gasteiger partial charge in [-0.3, -0.25) is 9.11 Å². The molecule has 4 nitrogen and oxygen atoms in total. The molecule has 7 heavy (non-hydrogen) atoms. The zero-order valence-corrected chi connectivity index (χ0v) is 7.08. The van der Waals surface area contributed by atoms with Gasteiger partial charge in [-0.25, -0.2) is 8.42 Å². The first-order valence-corrected chi connectivity index (χ1v) is 3.60. The maximum Gasteiger partial charge on any atom is 2.00 e. The van der Waals surface area contributed by atoms with E-state index in [4.69, 9.17) is 9.11 Å². The number of rotatable bonds is 1. The zero-order valence-electron chi connectivity index (χ0n) is 5.23. The molecule has 0 rings (SSSR count). The fourth-order valence-electron chi connectivity index (χ4n) is 0. The van der Waals surface area contributed by atoms with Crippen molar-refractivity contribution in [3.05, 3.63) is 0 Å². The van der Waals surface area contributed by atoms with Crippen molar-refractivity contribution in [2.24, 2.45) is 0 Å². The Kier molecular flexibility index (Phi) is 9.06. The molecule has 0 saturated carbocycles. The first-order valence-electron chi connectivity index (χ1n) is 0.865. The van der Waals surface area contributed by atoms with Crippen LogP contribution in [0.4, 0.5) is 0 Å². The summed E-state index contributed by atoms with van der Waals surface area (Å²) in [5.41, 5.74) is 0. The van der Waals surface area contributed by atoms with Gasteiger partial charge in [-0.15, -0.1) is 0 Å². The van der Waals surface area contributed by atoms with E-state index in [1.54, 1.807) is 0 Å². The average molecular weight is 172 g/mol. The van der Waals surface area contributed by atoms with Crippen molar-refractivity contribution in [3.63, 3.8) is 0 Å². The Morgan fingerprint density at radius 2 is 1.29 bits per heavy atom. The molecule has 0 heterocycles. The predicted octanol–water partition coefficient (Wildman–Crippen LogP) is -0.811. The topological polar surface area (TPSA) is 74.6 Å². The standard InChI is InChI=1S/Ca.H2O4S2.2H/c;1-5(2)6(3)4;;/h;(H,1,2)(H,3,4);;/q+2;;2*-1. The average Bonchev–Trinajstić information content (AvgIpc) is 1.36. The molecule has 2 atom stereocenters. The van der Waals surface area contributed by atoms with Gasteiger partial charge < -0.3 is 2.85 Å². The van der Waals surface area contributed by atoms with E-state index in [-0.39, 0.29) is 40.6 Å². The van der Waals surface area contributed by atoms with Crippen LogP contribution >= 0.6 is 0 Å². The molecule has 0 amide bonds. The third-order valence-electron chi connectivity index (χ3n) is 0.122. The van der Waals surface area contributed by atoms with Crippen LogP contribution in [-0.2, 0) is 20.2 Å². The largest absolute Gasteiger partial charge is 2.00 e. The Morgan fingerprint density at radius 1 is 1.14 bits per heavy atom. The van der Waals surface area contributed by atoms with Gasteiger partial charge in [0, 0.05) is 0 Å². The van der Waals surface area contributed by atoms with E-state index in [9.17, 15) is 8.42 Å². The first kappa shape index (κ1) is 11.3. The SMILES string of the molecule is O=S(O)S(=O)O.[Ca+2].[H-].[H-]. The van der Waals surface area contributed by atoms with E-state index in [0.29, 0.717) is 0 Å². The normalized spacial score (nSPS) is 16.9. The minimum atomic E-state index is -2.59. The maximum atomic E-state index is 9.26. The van der Waals surface area contributed by atoms with Gasteiger partial charge >= 0.3 is 37.7 Å². The second-order valence-electron chi connectivity index (χ2n) is 0.434. The van der Waals surface area contributed by atoms with Gasteiger partial charge in [0.25, 0.3) is 20.2 Å². The molecule has 0 aromatic rings. The van der Waals surface area contributed by atoms with Crippen LogP contribution in [-0.4, -0.2) is 55.3 Å². The molecule has 0 bridgehead atoms. The minimum absolute atomic E-state index is 0. The summed E-state index contributed by atoms with van der Waals surface area (Å²) in [6, 6.07) is 0. The summed E-state index contributed by atoms with van der Waals surface area (Å²) >= 11 is 0. The minimum Gasteiger partial charge on any atom is -1.00 e. The fraction of sp³-hybridized carbons (Fsp3) is 0. The summed E-state index contributed by atoms with van der Waals surface area (Å²) in [7, 11) is -5.18. The van der Waals surface area contributed by atoms with E-state index >= 15 is 0 Å². The Morgan fingerprint density at radius 3 is 1.29 bits per heavy atom. The molecule has 0 aromatic heterocycles. The molecule has 2 unspecified atom stereocenters. The van der Waals surface area contributed by atoms with Crippen molar-refractivity contribution in [1.82, 2.24) is 0 Å². The molecular formula is H4CaO4S2. The van der Waals surface area contributed by atoms with Crippen molar-refractivity contribution in [1.29, 1.82) is 0 Å². The van der Waals surface area contributed by atoms with E-state index in [2.05, 4.69) is 0 Å². The molecule has 0 saturated heterocycles. The van der Waals surface area contributed by atoms with Crippen molar-refractivity contribution in [2.45, 2.75) is 0 Å². The van der Waals surface area contributed by atoms with E-state index < -0.39 is 20.2 Å². The summed E-state index contributed by atoms with van der Waals surface area (Å²) in [4.78, 5) is 0. The van der Waals surface area contributed by atoms with Crippen LogP contribution in [0.3, 0.4) is 0 Å². The van der Waals surface area contributed by atoms with Gasteiger partial charge in [-0.1, -0.05) is 0 Å². The molecule has 0 spiro atoms. The van der Waals surface area contributed by atoms with Gasteiger partial charge in [0.2, 0.25) is 0 Å². The Labute approximate surface area is 77.6 Å². The van der Waals surface area contributed by atoms with Crippen molar-refractivity contribution in [3.8, 4) is 0 Å². The molecule has 0 radical (unpaired) electrons. The molecule has 2 N–H and O–H groups in total. The van der Waals surface area contributed by atoms with Crippen LogP contribution in [0.5, 0.6) is 0 Å². The summed E-state index contributed by atoms with van der Waals surface area (Å²) in [6.45, 7) is 0. The van der Waals surface area contributed by atoms with Crippen molar-refractivity contribution < 1.29 is 20.4 Å². The molecule has 0 fully saturated rings. The van der Waals surface area contributed by atoms with Gasteiger partial charge in [0.1, 0.15) is 0 Å². The van der Waals surface area contributed by atoms with Crippen LogP contribution in [0.25, 0.3) is 0 Å². The monoisotopic (exact) mass is 172 g/mol. The maximum absolute atomic E-state index is 9.26. The van der Waals surface area contributed by atoms with Crippen LogP contribution in [0.15, 0.2) is 0 Å². The zero-order chi connectivity index (χ0) is 5.15. The molecule has 7 heteroatoms. The van der Waals surface area contributed by atoms with Gasteiger partial charge in [-0.2, -0.15) is 0 Å². The quantitative estimate of drug-likeness (QED) is 0.308. The molecule has 0 aromatic carbocycles. The smallest absolute Gasteiger partial charge is 1.00 e. The van der Waals surface area contributed by atoms with E-state index in [0.717, 1.165) is 0 Å². The van der Waals surface area contributed by atoms with Crippen LogP contribution in [0.1, 0.15) is 2.85 Å². The number of hydrogen-bond acceptors (Lipinski definition) is 2. The first-order chi connectivity index (χ1) is 2.64. The summed E-state index contributed by atoms with van der Waals surface area (Å²) in [6.07, 6.45) is 0. The molecular weight excluding hydrogens is 168 g/mol. The molecule has 0 aliphatic rings. The van der Waals surface area contributed by atoms with Gasteiger partial charge in [0.15, 0.2) is 0 Å².